The van der Waals surface area contributed by atoms with E-state index in [1.54, 1.807) is 31.5 Å². The second-order valence-corrected chi connectivity index (χ2v) is 3.67. The predicted molar refractivity (Wildman–Crippen MR) is 73.7 cm³/mol. The zero-order chi connectivity index (χ0) is 13.0. The molecule has 100 valence electrons. The molecule has 0 aliphatic heterocycles. The Morgan fingerprint density at radius 2 is 1.84 bits per heavy atom. The van der Waals surface area contributed by atoms with Gasteiger partial charge in [0.2, 0.25) is 0 Å². The van der Waals surface area contributed by atoms with Gasteiger partial charge in [-0.2, -0.15) is 5.10 Å². The van der Waals surface area contributed by atoms with Gasteiger partial charge in [-0.25, -0.2) is 8.78 Å². The lowest BCUT2D eigenvalue weighted by Gasteiger charge is -2.04. The van der Waals surface area contributed by atoms with Gasteiger partial charge in [-0.05, 0) is 31.2 Å². The van der Waals surface area contributed by atoms with E-state index in [0.29, 0.717) is 5.71 Å². The summed E-state index contributed by atoms with van der Waals surface area (Å²) in [6.45, 7) is 1.78. The average molecular weight is 284 g/mol. The number of benzene rings is 1. The topological polar surface area (TPSA) is 37.3 Å². The van der Waals surface area contributed by atoms with Crippen molar-refractivity contribution in [2.45, 2.75) is 6.92 Å². The number of hydrogen-bond donors (Lipinski definition) is 1. The first-order valence-electron chi connectivity index (χ1n) is 5.32. The predicted octanol–water partition coefficient (Wildman–Crippen LogP) is 3.62. The number of aromatic nitrogens is 1. The Labute approximate surface area is 115 Å². The molecule has 0 unspecified atom stereocenters. The number of nitrogens with one attached hydrogen (secondary N) is 1. The van der Waals surface area contributed by atoms with Crippen LogP contribution in [0.5, 0.6) is 0 Å². The second-order valence-electron chi connectivity index (χ2n) is 3.67. The maximum absolute atomic E-state index is 13.3. The van der Waals surface area contributed by atoms with Crippen LogP contribution < -0.4 is 5.43 Å². The van der Waals surface area contributed by atoms with E-state index in [9.17, 15) is 8.78 Å². The number of pyridine rings is 1. The lowest BCUT2D eigenvalue weighted by atomic mass is 10.2. The van der Waals surface area contributed by atoms with Crippen LogP contribution in [0.2, 0.25) is 0 Å². The summed E-state index contributed by atoms with van der Waals surface area (Å²) < 4.78 is 26.0. The van der Waals surface area contributed by atoms with E-state index in [2.05, 4.69) is 15.5 Å². The highest BCUT2D eigenvalue weighted by Gasteiger charge is 2.02. The van der Waals surface area contributed by atoms with E-state index in [0.717, 1.165) is 11.6 Å². The molecule has 1 aromatic carbocycles. The molecule has 3 nitrogen and oxygen atoms in total. The molecule has 0 spiro atoms. The third-order valence-electron chi connectivity index (χ3n) is 2.37. The van der Waals surface area contributed by atoms with Crippen molar-refractivity contribution < 1.29 is 8.78 Å². The Hall–Kier alpha value is -2.01. The number of hydrogen-bond acceptors (Lipinski definition) is 3. The van der Waals surface area contributed by atoms with Crippen LogP contribution >= 0.6 is 12.4 Å². The minimum atomic E-state index is -0.679. The van der Waals surface area contributed by atoms with Crippen LogP contribution in [0.3, 0.4) is 0 Å². The normalized spacial score (nSPS) is 10.8. The summed E-state index contributed by atoms with van der Waals surface area (Å²) in [4.78, 5) is 3.89. The SMILES string of the molecule is C/C(=N/Nc1ccc(F)cc1F)c1ccncc1.Cl. The summed E-state index contributed by atoms with van der Waals surface area (Å²) in [5, 5.41) is 4.03. The zero-order valence-electron chi connectivity index (χ0n) is 10.1. The molecule has 6 heteroatoms. The van der Waals surface area contributed by atoms with Gasteiger partial charge in [0.1, 0.15) is 5.82 Å². The summed E-state index contributed by atoms with van der Waals surface area (Å²) in [7, 11) is 0. The third kappa shape index (κ3) is 3.99. The molecule has 19 heavy (non-hydrogen) atoms. The van der Waals surface area contributed by atoms with Crippen LogP contribution in [0.25, 0.3) is 0 Å². The molecule has 0 aliphatic carbocycles. The Bertz CT molecular complexity index is 573. The van der Waals surface area contributed by atoms with Gasteiger partial charge in [-0.3, -0.25) is 10.4 Å². The van der Waals surface area contributed by atoms with Crippen molar-refractivity contribution in [3.8, 4) is 0 Å². The minimum Gasteiger partial charge on any atom is -0.275 e. The molecule has 2 rings (SSSR count). The van der Waals surface area contributed by atoms with E-state index >= 15 is 0 Å². The zero-order valence-corrected chi connectivity index (χ0v) is 10.9. The molecule has 1 aromatic heterocycles. The van der Waals surface area contributed by atoms with Crippen LogP contribution in [-0.2, 0) is 0 Å². The van der Waals surface area contributed by atoms with Crippen molar-refractivity contribution in [3.05, 3.63) is 59.9 Å². The molecule has 0 saturated carbocycles. The number of rotatable bonds is 3. The van der Waals surface area contributed by atoms with E-state index < -0.39 is 11.6 Å². The lowest BCUT2D eigenvalue weighted by molar-refractivity contribution is 0.585. The molecule has 0 saturated heterocycles. The monoisotopic (exact) mass is 283 g/mol. The smallest absolute Gasteiger partial charge is 0.151 e. The molecule has 0 atom stereocenters. The number of anilines is 1. The van der Waals surface area contributed by atoms with Crippen molar-refractivity contribution in [1.82, 2.24) is 4.98 Å². The molecule has 2 aromatic rings. The molecule has 0 amide bonds. The van der Waals surface area contributed by atoms with Crippen molar-refractivity contribution in [1.29, 1.82) is 0 Å². The molecular weight excluding hydrogens is 272 g/mol. The van der Waals surface area contributed by atoms with Crippen LogP contribution in [0.1, 0.15) is 12.5 Å². The van der Waals surface area contributed by atoms with Crippen molar-refractivity contribution in [2.75, 3.05) is 5.43 Å². The van der Waals surface area contributed by atoms with Gasteiger partial charge in [0.05, 0.1) is 11.4 Å². The van der Waals surface area contributed by atoms with Gasteiger partial charge < -0.3 is 0 Å². The highest BCUT2D eigenvalue weighted by Crippen LogP contribution is 2.15. The molecule has 0 radical (unpaired) electrons. The Balaban J connectivity index is 0.00000180. The Morgan fingerprint density at radius 1 is 1.16 bits per heavy atom. The first-order chi connectivity index (χ1) is 8.66. The number of halogens is 3. The quantitative estimate of drug-likeness (QED) is 0.690. The third-order valence-corrected chi connectivity index (χ3v) is 2.37. The van der Waals surface area contributed by atoms with E-state index in [4.69, 9.17) is 0 Å². The first-order valence-corrected chi connectivity index (χ1v) is 5.32. The molecular formula is C13H12ClF2N3. The lowest BCUT2D eigenvalue weighted by Crippen LogP contribution is -2.01. The summed E-state index contributed by atoms with van der Waals surface area (Å²) in [5.41, 5.74) is 4.25. The van der Waals surface area contributed by atoms with Gasteiger partial charge in [0.15, 0.2) is 5.82 Å². The van der Waals surface area contributed by atoms with Gasteiger partial charge in [0, 0.05) is 24.0 Å². The summed E-state index contributed by atoms with van der Waals surface area (Å²) in [6.07, 6.45) is 3.29. The van der Waals surface area contributed by atoms with E-state index in [1.165, 1.54) is 12.1 Å². The van der Waals surface area contributed by atoms with Crippen LogP contribution in [0, 0.1) is 11.6 Å². The van der Waals surface area contributed by atoms with Gasteiger partial charge in [0.25, 0.3) is 0 Å². The number of nitrogens with zero attached hydrogens (tertiary/aromatic N) is 2. The summed E-state index contributed by atoms with van der Waals surface area (Å²) in [6, 6.07) is 6.86. The first kappa shape index (κ1) is 15.0. The molecule has 1 N–H and O–H groups in total. The molecule has 0 aliphatic rings. The van der Waals surface area contributed by atoms with Crippen LogP contribution in [0.15, 0.2) is 47.8 Å². The van der Waals surface area contributed by atoms with Gasteiger partial charge in [-0.1, -0.05) is 0 Å². The van der Waals surface area contributed by atoms with Crippen molar-refractivity contribution in [3.63, 3.8) is 0 Å². The summed E-state index contributed by atoms with van der Waals surface area (Å²) in [5.74, 6) is -1.30. The maximum Gasteiger partial charge on any atom is 0.151 e. The van der Waals surface area contributed by atoms with Crippen molar-refractivity contribution >= 4 is 23.8 Å². The minimum absolute atomic E-state index is 0. The average Bonchev–Trinajstić information content (AvgIpc) is 2.38. The molecule has 1 heterocycles. The fourth-order valence-corrected chi connectivity index (χ4v) is 1.38. The van der Waals surface area contributed by atoms with Gasteiger partial charge >= 0.3 is 0 Å². The fraction of sp³-hybridized carbons (Fsp3) is 0.0769. The van der Waals surface area contributed by atoms with E-state index in [1.807, 2.05) is 0 Å². The van der Waals surface area contributed by atoms with Gasteiger partial charge in [-0.15, -0.1) is 12.4 Å². The van der Waals surface area contributed by atoms with E-state index in [-0.39, 0.29) is 18.1 Å². The van der Waals surface area contributed by atoms with Crippen LogP contribution in [-0.4, -0.2) is 10.7 Å². The Kier molecular flexibility index (Phi) is 5.38. The van der Waals surface area contributed by atoms with Crippen LogP contribution in [0.4, 0.5) is 14.5 Å². The fourth-order valence-electron chi connectivity index (χ4n) is 1.38. The second kappa shape index (κ2) is 6.80. The molecule has 0 bridgehead atoms. The van der Waals surface area contributed by atoms with Crippen molar-refractivity contribution in [2.24, 2.45) is 5.10 Å². The maximum atomic E-state index is 13.3. The Morgan fingerprint density at radius 3 is 2.47 bits per heavy atom. The summed E-state index contributed by atoms with van der Waals surface area (Å²) >= 11 is 0. The highest BCUT2D eigenvalue weighted by atomic mass is 35.5. The largest absolute Gasteiger partial charge is 0.275 e. The standard InChI is InChI=1S/C13H11F2N3.ClH/c1-9(10-4-6-16-7-5-10)17-18-13-3-2-11(14)8-12(13)15;/h2-8,18H,1H3;1H/b17-9-;. The molecule has 0 fully saturated rings. The number of hydrazone groups is 1. The highest BCUT2D eigenvalue weighted by molar-refractivity contribution is 5.98.